The molecule has 3 heterocycles. The number of rotatable bonds is 3. The van der Waals surface area contributed by atoms with Crippen LogP contribution in [0.15, 0.2) is 72.1 Å². The Hall–Kier alpha value is -3.87. The third kappa shape index (κ3) is 3.77. The van der Waals surface area contributed by atoms with Crippen molar-refractivity contribution in [2.75, 3.05) is 24.5 Å². The van der Waals surface area contributed by atoms with Gasteiger partial charge in [0.15, 0.2) is 5.96 Å². The molecule has 3 N–H and O–H groups in total. The van der Waals surface area contributed by atoms with Crippen LogP contribution in [0.5, 0.6) is 0 Å². The number of H-pyrrole nitrogens is 1. The number of hydrogen-bond acceptors (Lipinski definition) is 4. The second-order valence-electron chi connectivity index (χ2n) is 8.26. The van der Waals surface area contributed by atoms with Crippen LogP contribution in [0.2, 0.25) is 0 Å². The van der Waals surface area contributed by atoms with Gasteiger partial charge in [-0.2, -0.15) is 0 Å². The fourth-order valence-electron chi connectivity index (χ4n) is 4.38. The van der Waals surface area contributed by atoms with Crippen molar-refractivity contribution < 1.29 is 0 Å². The van der Waals surface area contributed by atoms with Gasteiger partial charge in [-0.05, 0) is 42.7 Å². The van der Waals surface area contributed by atoms with E-state index in [4.69, 9.17) is 10.7 Å². The normalized spacial score (nSPS) is 17.2. The number of benzene rings is 2. The van der Waals surface area contributed by atoms with Crippen LogP contribution in [0.25, 0.3) is 22.2 Å². The van der Waals surface area contributed by atoms with Gasteiger partial charge >= 0.3 is 0 Å². The first kappa shape index (κ1) is 20.1. The van der Waals surface area contributed by atoms with Crippen LogP contribution in [0, 0.1) is 6.92 Å². The Balaban J connectivity index is 1.31. The van der Waals surface area contributed by atoms with Crippen molar-refractivity contribution >= 4 is 28.5 Å². The Morgan fingerprint density at radius 2 is 1.78 bits per heavy atom. The first-order valence-corrected chi connectivity index (χ1v) is 10.9. The number of nitrogens with zero attached hydrogens (tertiary/aromatic N) is 5. The SMILES string of the molecule is Cc1c[nH]c2ncnc(N3CCN(C(N)=Nc4ccc(-c5ccccc5)cc4)[C@@H](C)C3)c12. The molecule has 32 heavy (non-hydrogen) atoms. The maximum atomic E-state index is 6.43. The Morgan fingerprint density at radius 3 is 2.53 bits per heavy atom. The van der Waals surface area contributed by atoms with Crippen LogP contribution in [0.3, 0.4) is 0 Å². The van der Waals surface area contributed by atoms with Crippen molar-refractivity contribution in [1.82, 2.24) is 19.9 Å². The van der Waals surface area contributed by atoms with Crippen LogP contribution < -0.4 is 10.6 Å². The quantitative estimate of drug-likeness (QED) is 0.381. The van der Waals surface area contributed by atoms with Crippen molar-refractivity contribution in [3.63, 3.8) is 0 Å². The van der Waals surface area contributed by atoms with Crippen molar-refractivity contribution in [3.8, 4) is 11.1 Å². The lowest BCUT2D eigenvalue weighted by molar-refractivity contribution is 0.294. The summed E-state index contributed by atoms with van der Waals surface area (Å²) in [6, 6.07) is 18.7. The third-order valence-corrected chi connectivity index (χ3v) is 6.09. The molecule has 0 unspecified atom stereocenters. The van der Waals surface area contributed by atoms with Crippen LogP contribution in [-0.2, 0) is 0 Å². The summed E-state index contributed by atoms with van der Waals surface area (Å²) in [5, 5.41) is 1.09. The predicted octanol–water partition coefficient (Wildman–Crippen LogP) is 4.09. The summed E-state index contributed by atoms with van der Waals surface area (Å²) in [6.45, 7) is 6.69. The molecule has 2 aromatic carbocycles. The molecule has 0 saturated carbocycles. The smallest absolute Gasteiger partial charge is 0.196 e. The van der Waals surface area contributed by atoms with E-state index in [1.807, 2.05) is 36.5 Å². The van der Waals surface area contributed by atoms with E-state index >= 15 is 0 Å². The zero-order chi connectivity index (χ0) is 22.1. The minimum atomic E-state index is 0.209. The van der Waals surface area contributed by atoms with E-state index in [2.05, 4.69) is 62.9 Å². The number of piperazine rings is 1. The summed E-state index contributed by atoms with van der Waals surface area (Å²) in [4.78, 5) is 21.3. The maximum absolute atomic E-state index is 6.43. The lowest BCUT2D eigenvalue weighted by Crippen LogP contribution is -2.56. The zero-order valence-corrected chi connectivity index (χ0v) is 18.4. The van der Waals surface area contributed by atoms with Gasteiger partial charge in [0.05, 0.1) is 11.1 Å². The highest BCUT2D eigenvalue weighted by Crippen LogP contribution is 2.28. The summed E-state index contributed by atoms with van der Waals surface area (Å²) < 4.78 is 0. The summed E-state index contributed by atoms with van der Waals surface area (Å²) in [5.74, 6) is 1.53. The number of nitrogens with one attached hydrogen (secondary N) is 1. The molecule has 0 radical (unpaired) electrons. The van der Waals surface area contributed by atoms with Gasteiger partial charge in [0.1, 0.15) is 17.8 Å². The van der Waals surface area contributed by atoms with Crippen molar-refractivity contribution in [2.24, 2.45) is 10.7 Å². The molecule has 1 fully saturated rings. The Labute approximate surface area is 187 Å². The van der Waals surface area contributed by atoms with E-state index in [-0.39, 0.29) is 6.04 Å². The van der Waals surface area contributed by atoms with Gasteiger partial charge < -0.3 is 20.5 Å². The highest BCUT2D eigenvalue weighted by molar-refractivity contribution is 5.91. The number of nitrogens with two attached hydrogens (primary N) is 1. The number of anilines is 1. The minimum absolute atomic E-state index is 0.209. The zero-order valence-electron chi connectivity index (χ0n) is 18.4. The highest BCUT2D eigenvalue weighted by atomic mass is 15.4. The van der Waals surface area contributed by atoms with Crippen LogP contribution in [-0.4, -0.2) is 51.5 Å². The number of aromatic amines is 1. The van der Waals surface area contributed by atoms with E-state index in [0.29, 0.717) is 5.96 Å². The number of aromatic nitrogens is 3. The van der Waals surface area contributed by atoms with Crippen LogP contribution >= 0.6 is 0 Å². The van der Waals surface area contributed by atoms with E-state index < -0.39 is 0 Å². The van der Waals surface area contributed by atoms with Gasteiger partial charge in [-0.25, -0.2) is 15.0 Å². The lowest BCUT2D eigenvalue weighted by Gasteiger charge is -2.41. The molecule has 0 aliphatic carbocycles. The molecule has 2 aromatic heterocycles. The average Bonchev–Trinajstić information content (AvgIpc) is 3.21. The molecule has 7 nitrogen and oxygen atoms in total. The molecule has 1 saturated heterocycles. The molecule has 7 heteroatoms. The summed E-state index contributed by atoms with van der Waals surface area (Å²) >= 11 is 0. The molecule has 0 amide bonds. The predicted molar refractivity (Wildman–Crippen MR) is 130 cm³/mol. The number of aliphatic imine (C=N–C) groups is 1. The monoisotopic (exact) mass is 425 g/mol. The standard InChI is InChI=1S/C25H27N7/c1-17-14-27-23-22(17)24(29-16-28-23)31-12-13-32(18(2)15-31)25(26)30-21-10-8-20(9-11-21)19-6-4-3-5-7-19/h3-11,14,16,18H,12-13,15H2,1-2H3,(H2,26,30)(H,27,28,29)/t18-/m0/s1. The minimum Gasteiger partial charge on any atom is -0.369 e. The van der Waals surface area contributed by atoms with Crippen LogP contribution in [0.1, 0.15) is 12.5 Å². The first-order chi connectivity index (χ1) is 15.6. The summed E-state index contributed by atoms with van der Waals surface area (Å²) in [6.07, 6.45) is 3.61. The molecule has 1 atom stereocenters. The molecule has 162 valence electrons. The lowest BCUT2D eigenvalue weighted by atomic mass is 10.1. The Morgan fingerprint density at radius 1 is 1.03 bits per heavy atom. The van der Waals surface area contributed by atoms with Crippen molar-refractivity contribution in [1.29, 1.82) is 0 Å². The molecular weight excluding hydrogens is 398 g/mol. The largest absolute Gasteiger partial charge is 0.369 e. The van der Waals surface area contributed by atoms with E-state index in [0.717, 1.165) is 47.7 Å². The fourth-order valence-corrected chi connectivity index (χ4v) is 4.38. The van der Waals surface area contributed by atoms with Crippen molar-refractivity contribution in [3.05, 3.63) is 72.7 Å². The number of hydrogen-bond donors (Lipinski definition) is 2. The van der Waals surface area contributed by atoms with Gasteiger partial charge in [-0.15, -0.1) is 0 Å². The van der Waals surface area contributed by atoms with Crippen LogP contribution in [0.4, 0.5) is 11.5 Å². The second-order valence-corrected chi connectivity index (χ2v) is 8.26. The first-order valence-electron chi connectivity index (χ1n) is 10.9. The molecule has 5 rings (SSSR count). The summed E-state index contributed by atoms with van der Waals surface area (Å²) in [7, 11) is 0. The molecule has 4 aromatic rings. The van der Waals surface area contributed by atoms with Gasteiger partial charge in [0.25, 0.3) is 0 Å². The Bertz CT molecular complexity index is 1240. The molecule has 1 aliphatic heterocycles. The van der Waals surface area contributed by atoms with Gasteiger partial charge in [0, 0.05) is 31.9 Å². The van der Waals surface area contributed by atoms with Crippen molar-refractivity contribution in [2.45, 2.75) is 19.9 Å². The number of fused-ring (bicyclic) bond motifs is 1. The number of guanidine groups is 1. The molecule has 0 spiro atoms. The van der Waals surface area contributed by atoms with E-state index in [1.54, 1.807) is 6.33 Å². The fraction of sp³-hybridized carbons (Fsp3) is 0.240. The van der Waals surface area contributed by atoms with Gasteiger partial charge in [-0.3, -0.25) is 0 Å². The Kier molecular flexibility index (Phi) is 5.23. The summed E-state index contributed by atoms with van der Waals surface area (Å²) in [5.41, 5.74) is 11.7. The molecular formula is C25H27N7. The van der Waals surface area contributed by atoms with Gasteiger partial charge in [-0.1, -0.05) is 42.5 Å². The average molecular weight is 426 g/mol. The van der Waals surface area contributed by atoms with E-state index in [9.17, 15) is 0 Å². The van der Waals surface area contributed by atoms with E-state index in [1.165, 1.54) is 11.1 Å². The second kappa shape index (κ2) is 8.34. The maximum Gasteiger partial charge on any atom is 0.196 e. The topological polar surface area (TPSA) is 86.4 Å². The van der Waals surface area contributed by atoms with Gasteiger partial charge in [0.2, 0.25) is 0 Å². The highest BCUT2D eigenvalue weighted by Gasteiger charge is 2.27. The molecule has 1 aliphatic rings. The number of aryl methyl sites for hydroxylation is 1. The third-order valence-electron chi connectivity index (χ3n) is 6.09. The molecule has 0 bridgehead atoms.